The van der Waals surface area contributed by atoms with Crippen molar-refractivity contribution in [2.24, 2.45) is 0 Å². The molecule has 20 heavy (non-hydrogen) atoms. The Balaban J connectivity index is 2.22. The van der Waals surface area contributed by atoms with Gasteiger partial charge in [-0.05, 0) is 38.0 Å². The van der Waals surface area contributed by atoms with Gasteiger partial charge in [0.15, 0.2) is 5.78 Å². The molecule has 0 atom stereocenters. The van der Waals surface area contributed by atoms with Crippen LogP contribution in [0.2, 0.25) is 0 Å². The lowest BCUT2D eigenvalue weighted by Crippen LogP contribution is -2.09. The van der Waals surface area contributed by atoms with Crippen LogP contribution in [-0.2, 0) is 19.4 Å². The van der Waals surface area contributed by atoms with Crippen molar-refractivity contribution in [3.8, 4) is 0 Å². The number of carbonyl (C=O) groups excluding carboxylic acids is 1. The minimum atomic E-state index is 0.128. The maximum Gasteiger partial charge on any atom is 0.168 e. The maximum atomic E-state index is 12.4. The molecule has 2 rings (SSSR count). The second-order valence-electron chi connectivity index (χ2n) is 4.86. The molecule has 0 unspecified atom stereocenters. The summed E-state index contributed by atoms with van der Waals surface area (Å²) in [4.78, 5) is 12.4. The van der Waals surface area contributed by atoms with Crippen LogP contribution < -0.4 is 0 Å². The molecule has 0 aliphatic heterocycles. The number of hydrogen-bond acceptors (Lipinski definition) is 2. The number of rotatable bonds is 5. The van der Waals surface area contributed by atoms with Gasteiger partial charge in [0, 0.05) is 22.3 Å². The molecule has 0 spiro atoms. The molecule has 0 radical (unpaired) electrons. The van der Waals surface area contributed by atoms with Gasteiger partial charge in [-0.25, -0.2) is 0 Å². The minimum Gasteiger partial charge on any atom is -0.294 e. The van der Waals surface area contributed by atoms with E-state index in [1.54, 1.807) is 0 Å². The molecule has 0 saturated carbocycles. The highest BCUT2D eigenvalue weighted by Gasteiger charge is 2.13. The SMILES string of the molecule is CCc1cc(CC(=O)c2ccc(C)c(Br)c2)n(CC)n1. The highest BCUT2D eigenvalue weighted by molar-refractivity contribution is 9.10. The predicted molar refractivity (Wildman–Crippen MR) is 84.2 cm³/mol. The first kappa shape index (κ1) is 15.0. The molecule has 2 aromatic rings. The smallest absolute Gasteiger partial charge is 0.168 e. The summed E-state index contributed by atoms with van der Waals surface area (Å²) in [6, 6.07) is 7.78. The molecule has 0 aliphatic rings. The number of Topliss-reactive ketones (excluding diaryl/α,β-unsaturated/α-hetero) is 1. The number of aryl methyl sites for hydroxylation is 3. The average Bonchev–Trinajstić information content (AvgIpc) is 2.84. The quantitative estimate of drug-likeness (QED) is 0.775. The number of nitrogens with zero attached hydrogens (tertiary/aromatic N) is 2. The summed E-state index contributed by atoms with van der Waals surface area (Å²) < 4.78 is 2.89. The zero-order valence-corrected chi connectivity index (χ0v) is 13.7. The molecule has 0 fully saturated rings. The van der Waals surface area contributed by atoms with Crippen molar-refractivity contribution in [1.29, 1.82) is 0 Å². The summed E-state index contributed by atoms with van der Waals surface area (Å²) in [5, 5.41) is 4.48. The van der Waals surface area contributed by atoms with E-state index in [0.29, 0.717) is 6.42 Å². The lowest BCUT2D eigenvalue weighted by molar-refractivity contribution is 0.0990. The van der Waals surface area contributed by atoms with Gasteiger partial charge in [-0.3, -0.25) is 9.48 Å². The average molecular weight is 335 g/mol. The van der Waals surface area contributed by atoms with Crippen LogP contribution in [0.25, 0.3) is 0 Å². The molecular formula is C16H19BrN2O. The van der Waals surface area contributed by atoms with Crippen molar-refractivity contribution in [3.63, 3.8) is 0 Å². The van der Waals surface area contributed by atoms with Gasteiger partial charge in [0.05, 0.1) is 12.1 Å². The lowest BCUT2D eigenvalue weighted by atomic mass is 10.0. The Bertz CT molecular complexity index is 631. The molecule has 3 nitrogen and oxygen atoms in total. The first-order valence-corrected chi connectivity index (χ1v) is 7.69. The molecule has 1 heterocycles. The van der Waals surface area contributed by atoms with E-state index >= 15 is 0 Å². The molecule has 0 amide bonds. The van der Waals surface area contributed by atoms with E-state index in [9.17, 15) is 4.79 Å². The van der Waals surface area contributed by atoms with Gasteiger partial charge in [0.25, 0.3) is 0 Å². The third kappa shape index (κ3) is 3.18. The normalized spacial score (nSPS) is 10.8. The van der Waals surface area contributed by atoms with Crippen molar-refractivity contribution in [2.45, 2.75) is 40.2 Å². The third-order valence-corrected chi connectivity index (χ3v) is 4.27. The van der Waals surface area contributed by atoms with E-state index in [4.69, 9.17) is 0 Å². The highest BCUT2D eigenvalue weighted by Crippen LogP contribution is 2.19. The second kappa shape index (κ2) is 6.35. The monoisotopic (exact) mass is 334 g/mol. The van der Waals surface area contributed by atoms with Gasteiger partial charge in [0.2, 0.25) is 0 Å². The van der Waals surface area contributed by atoms with Crippen LogP contribution in [-0.4, -0.2) is 15.6 Å². The van der Waals surface area contributed by atoms with Crippen LogP contribution in [0.4, 0.5) is 0 Å². The Morgan fingerprint density at radius 2 is 2.05 bits per heavy atom. The first-order valence-electron chi connectivity index (χ1n) is 6.90. The molecular weight excluding hydrogens is 316 g/mol. The van der Waals surface area contributed by atoms with Crippen molar-refractivity contribution in [3.05, 3.63) is 51.3 Å². The van der Waals surface area contributed by atoms with Crippen LogP contribution in [0.15, 0.2) is 28.7 Å². The van der Waals surface area contributed by atoms with Gasteiger partial charge < -0.3 is 0 Å². The minimum absolute atomic E-state index is 0.128. The molecule has 4 heteroatoms. The number of benzene rings is 1. The topological polar surface area (TPSA) is 34.9 Å². The van der Waals surface area contributed by atoms with E-state index in [2.05, 4.69) is 28.0 Å². The van der Waals surface area contributed by atoms with Gasteiger partial charge in [0.1, 0.15) is 0 Å². The van der Waals surface area contributed by atoms with Crippen molar-refractivity contribution < 1.29 is 4.79 Å². The number of hydrogen-bond donors (Lipinski definition) is 0. The Morgan fingerprint density at radius 3 is 2.65 bits per heavy atom. The fourth-order valence-corrected chi connectivity index (χ4v) is 2.52. The van der Waals surface area contributed by atoms with E-state index in [1.165, 1.54) is 0 Å². The van der Waals surface area contributed by atoms with E-state index < -0.39 is 0 Å². The fraction of sp³-hybridized carbons (Fsp3) is 0.375. The molecule has 0 saturated heterocycles. The van der Waals surface area contributed by atoms with Crippen LogP contribution in [0.1, 0.15) is 41.2 Å². The summed E-state index contributed by atoms with van der Waals surface area (Å²) in [7, 11) is 0. The molecule has 0 aliphatic carbocycles. The van der Waals surface area contributed by atoms with Crippen LogP contribution in [0.3, 0.4) is 0 Å². The molecule has 0 bridgehead atoms. The first-order chi connectivity index (χ1) is 9.55. The zero-order chi connectivity index (χ0) is 14.7. The number of ketones is 1. The van der Waals surface area contributed by atoms with Gasteiger partial charge in [-0.15, -0.1) is 0 Å². The summed E-state index contributed by atoms with van der Waals surface area (Å²) in [6.07, 6.45) is 1.29. The van der Waals surface area contributed by atoms with E-state index in [0.717, 1.165) is 40.0 Å². The summed E-state index contributed by atoms with van der Waals surface area (Å²) >= 11 is 3.47. The Hall–Kier alpha value is -1.42. The molecule has 106 valence electrons. The maximum absolute atomic E-state index is 12.4. The van der Waals surface area contributed by atoms with Gasteiger partial charge >= 0.3 is 0 Å². The molecule has 0 N–H and O–H groups in total. The van der Waals surface area contributed by atoms with Gasteiger partial charge in [-0.1, -0.05) is 35.0 Å². The Morgan fingerprint density at radius 1 is 1.30 bits per heavy atom. The second-order valence-corrected chi connectivity index (χ2v) is 5.71. The van der Waals surface area contributed by atoms with Crippen LogP contribution in [0.5, 0.6) is 0 Å². The van der Waals surface area contributed by atoms with Gasteiger partial charge in [-0.2, -0.15) is 5.10 Å². The summed E-state index contributed by atoms with van der Waals surface area (Å²) in [6.45, 7) is 6.92. The van der Waals surface area contributed by atoms with E-state index in [1.807, 2.05) is 42.8 Å². The zero-order valence-electron chi connectivity index (χ0n) is 12.1. The number of halogens is 1. The van der Waals surface area contributed by atoms with Crippen LogP contribution in [0, 0.1) is 6.92 Å². The standard InChI is InChI=1S/C16H19BrN2O/c1-4-13-9-14(19(5-2)18-13)10-16(20)12-7-6-11(3)15(17)8-12/h6-9H,4-5,10H2,1-3H3. The molecule has 1 aromatic carbocycles. The summed E-state index contributed by atoms with van der Waals surface area (Å²) in [5.41, 5.74) is 3.91. The molecule has 1 aromatic heterocycles. The van der Waals surface area contributed by atoms with Crippen LogP contribution >= 0.6 is 15.9 Å². The highest BCUT2D eigenvalue weighted by atomic mass is 79.9. The van der Waals surface area contributed by atoms with Crippen molar-refractivity contribution in [1.82, 2.24) is 9.78 Å². The fourth-order valence-electron chi connectivity index (χ4n) is 2.14. The van der Waals surface area contributed by atoms with E-state index in [-0.39, 0.29) is 5.78 Å². The van der Waals surface area contributed by atoms with Crippen molar-refractivity contribution in [2.75, 3.05) is 0 Å². The Labute approximate surface area is 128 Å². The number of aromatic nitrogens is 2. The third-order valence-electron chi connectivity index (χ3n) is 3.41. The van der Waals surface area contributed by atoms with Crippen molar-refractivity contribution >= 4 is 21.7 Å². The Kier molecular flexibility index (Phi) is 4.76. The number of carbonyl (C=O) groups is 1. The summed E-state index contributed by atoms with van der Waals surface area (Å²) in [5.74, 6) is 0.128. The largest absolute Gasteiger partial charge is 0.294 e. The predicted octanol–water partition coefficient (Wildman–Crippen LogP) is 3.96. The lowest BCUT2D eigenvalue weighted by Gasteiger charge is -2.05.